The Kier molecular flexibility index (Phi) is 4.02. The smallest absolute Gasteiger partial charge is 0.266 e. The van der Waals surface area contributed by atoms with E-state index >= 15 is 0 Å². The summed E-state index contributed by atoms with van der Waals surface area (Å²) in [6.45, 7) is 8.09. The van der Waals surface area contributed by atoms with Gasteiger partial charge in [0.05, 0.1) is 12.2 Å². The third-order valence-corrected chi connectivity index (χ3v) is 4.53. The molecule has 0 aliphatic carbocycles. The van der Waals surface area contributed by atoms with Crippen LogP contribution in [0.4, 0.5) is 5.95 Å². The van der Waals surface area contributed by atoms with Crippen LogP contribution in [0.3, 0.4) is 0 Å². The second-order valence-electron chi connectivity index (χ2n) is 6.82. The first kappa shape index (κ1) is 16.4. The van der Waals surface area contributed by atoms with Crippen LogP contribution in [0, 0.1) is 26.7 Å². The normalized spacial score (nSPS) is 14.5. The molecule has 4 rings (SSSR count). The molecule has 0 saturated carbocycles. The molecule has 8 heteroatoms. The molecule has 3 aromatic heterocycles. The van der Waals surface area contributed by atoms with Crippen molar-refractivity contribution in [2.24, 2.45) is 5.92 Å². The lowest BCUT2D eigenvalue weighted by atomic mass is 10.0. The van der Waals surface area contributed by atoms with E-state index in [1.165, 1.54) is 4.68 Å². The number of hydrogen-bond acceptors (Lipinski definition) is 6. The minimum atomic E-state index is -0.0967. The summed E-state index contributed by atoms with van der Waals surface area (Å²) < 4.78 is 3.30. The average molecular weight is 351 g/mol. The van der Waals surface area contributed by atoms with Gasteiger partial charge in [-0.2, -0.15) is 5.10 Å². The van der Waals surface area contributed by atoms with Gasteiger partial charge in [0.2, 0.25) is 5.95 Å². The minimum absolute atomic E-state index is 0.0967. The van der Waals surface area contributed by atoms with Gasteiger partial charge < -0.3 is 4.90 Å². The van der Waals surface area contributed by atoms with Crippen LogP contribution in [-0.2, 0) is 6.54 Å². The molecule has 0 bridgehead atoms. The first-order valence-corrected chi connectivity index (χ1v) is 8.66. The van der Waals surface area contributed by atoms with Gasteiger partial charge in [0.25, 0.3) is 5.56 Å². The van der Waals surface area contributed by atoms with Crippen LogP contribution in [0.25, 0.3) is 5.82 Å². The first-order chi connectivity index (χ1) is 12.5. The van der Waals surface area contributed by atoms with Crippen LogP contribution in [0.5, 0.6) is 0 Å². The molecule has 0 N–H and O–H groups in total. The van der Waals surface area contributed by atoms with Crippen LogP contribution in [0.1, 0.15) is 17.1 Å². The Labute approximate surface area is 151 Å². The number of nitrogens with zero attached hydrogens (tertiary/aromatic N) is 7. The van der Waals surface area contributed by atoms with Gasteiger partial charge in [0.15, 0.2) is 5.82 Å². The Morgan fingerprint density at radius 3 is 2.58 bits per heavy atom. The van der Waals surface area contributed by atoms with Crippen LogP contribution in [0.15, 0.2) is 35.3 Å². The molecule has 0 amide bonds. The maximum Gasteiger partial charge on any atom is 0.266 e. The highest BCUT2D eigenvalue weighted by molar-refractivity contribution is 5.34. The Morgan fingerprint density at radius 2 is 1.88 bits per heavy atom. The summed E-state index contributed by atoms with van der Waals surface area (Å²) in [5, 5.41) is 8.94. The molecule has 1 aliphatic heterocycles. The van der Waals surface area contributed by atoms with Crippen molar-refractivity contribution in [2.75, 3.05) is 18.0 Å². The highest BCUT2D eigenvalue weighted by atomic mass is 16.1. The van der Waals surface area contributed by atoms with E-state index in [0.29, 0.717) is 18.3 Å². The number of anilines is 1. The fourth-order valence-electron chi connectivity index (χ4n) is 3.22. The Balaban J connectivity index is 1.48. The predicted octanol–water partition coefficient (Wildman–Crippen LogP) is 1.28. The van der Waals surface area contributed by atoms with Crippen molar-refractivity contribution in [3.63, 3.8) is 0 Å². The molecule has 0 atom stereocenters. The largest absolute Gasteiger partial charge is 0.340 e. The Hall–Kier alpha value is -3.03. The van der Waals surface area contributed by atoms with Gasteiger partial charge in [0, 0.05) is 42.7 Å². The van der Waals surface area contributed by atoms with E-state index in [1.807, 2.05) is 32.9 Å². The van der Waals surface area contributed by atoms with E-state index < -0.39 is 0 Å². The third-order valence-electron chi connectivity index (χ3n) is 4.53. The molecule has 0 spiro atoms. The fraction of sp³-hybridized carbons (Fsp3) is 0.389. The van der Waals surface area contributed by atoms with Crippen LogP contribution in [0.2, 0.25) is 0 Å². The number of aromatic nitrogens is 6. The summed E-state index contributed by atoms with van der Waals surface area (Å²) >= 11 is 0. The molecule has 3 aromatic rings. The number of rotatable bonds is 4. The quantitative estimate of drug-likeness (QED) is 0.704. The lowest BCUT2D eigenvalue weighted by Gasteiger charge is -2.39. The second kappa shape index (κ2) is 6.36. The summed E-state index contributed by atoms with van der Waals surface area (Å²) in [4.78, 5) is 23.1. The molecule has 0 aromatic carbocycles. The molecule has 0 unspecified atom stereocenters. The topological polar surface area (TPSA) is 81.7 Å². The van der Waals surface area contributed by atoms with Crippen LogP contribution in [-0.4, -0.2) is 42.6 Å². The van der Waals surface area contributed by atoms with Crippen molar-refractivity contribution in [3.8, 4) is 5.82 Å². The first-order valence-electron chi connectivity index (χ1n) is 8.66. The summed E-state index contributed by atoms with van der Waals surface area (Å²) in [5.74, 6) is 1.76. The van der Waals surface area contributed by atoms with E-state index in [9.17, 15) is 4.79 Å². The van der Waals surface area contributed by atoms with E-state index in [1.54, 1.807) is 23.0 Å². The van der Waals surface area contributed by atoms with E-state index in [0.717, 1.165) is 36.1 Å². The summed E-state index contributed by atoms with van der Waals surface area (Å²) in [6, 6.07) is 7.14. The SMILES string of the molecule is Cc1ccnc(N2CC(Cn3nc(-n4nc(C)cc4C)ccc3=O)C2)n1. The van der Waals surface area contributed by atoms with E-state index in [4.69, 9.17) is 0 Å². The van der Waals surface area contributed by atoms with Crippen molar-refractivity contribution < 1.29 is 0 Å². The standard InChI is InChI=1S/C18H21N7O/c1-12-6-7-19-18(20-12)23-9-15(10-23)11-24-17(26)5-4-16(22-24)25-14(3)8-13(2)21-25/h4-8,15H,9-11H2,1-3H3. The average Bonchev–Trinajstić information content (AvgIpc) is 2.90. The molecule has 8 nitrogen and oxygen atoms in total. The molecule has 0 radical (unpaired) electrons. The minimum Gasteiger partial charge on any atom is -0.340 e. The molecule has 1 aliphatic rings. The molecule has 1 saturated heterocycles. The maximum atomic E-state index is 12.2. The third kappa shape index (κ3) is 3.10. The van der Waals surface area contributed by atoms with Gasteiger partial charge in [-0.15, -0.1) is 5.10 Å². The zero-order chi connectivity index (χ0) is 18.3. The zero-order valence-corrected chi connectivity index (χ0v) is 15.1. The van der Waals surface area contributed by atoms with Gasteiger partial charge >= 0.3 is 0 Å². The van der Waals surface area contributed by atoms with E-state index in [-0.39, 0.29) is 5.56 Å². The van der Waals surface area contributed by atoms with Crippen LogP contribution >= 0.6 is 0 Å². The molecule has 1 fully saturated rings. The highest BCUT2D eigenvalue weighted by Crippen LogP contribution is 2.22. The van der Waals surface area contributed by atoms with E-state index in [2.05, 4.69) is 25.1 Å². The Bertz CT molecular complexity index is 1000. The lowest BCUT2D eigenvalue weighted by molar-refractivity contribution is 0.330. The summed E-state index contributed by atoms with van der Waals surface area (Å²) in [7, 11) is 0. The Morgan fingerprint density at radius 1 is 1.08 bits per heavy atom. The fourth-order valence-corrected chi connectivity index (χ4v) is 3.22. The summed E-state index contributed by atoms with van der Waals surface area (Å²) in [5.41, 5.74) is 2.77. The van der Waals surface area contributed by atoms with Gasteiger partial charge in [0.1, 0.15) is 0 Å². The maximum absolute atomic E-state index is 12.2. The molecule has 134 valence electrons. The zero-order valence-electron chi connectivity index (χ0n) is 15.1. The van der Waals surface area contributed by atoms with Gasteiger partial charge in [-0.05, 0) is 39.0 Å². The van der Waals surface area contributed by atoms with Gasteiger partial charge in [-0.3, -0.25) is 4.79 Å². The number of hydrogen-bond donors (Lipinski definition) is 0. The molecular formula is C18H21N7O. The van der Waals surface area contributed by atoms with Gasteiger partial charge in [-0.1, -0.05) is 0 Å². The van der Waals surface area contributed by atoms with Crippen molar-refractivity contribution >= 4 is 5.95 Å². The summed E-state index contributed by atoms with van der Waals surface area (Å²) in [6.07, 6.45) is 1.77. The van der Waals surface area contributed by atoms with Crippen molar-refractivity contribution in [1.29, 1.82) is 0 Å². The number of aryl methyl sites for hydroxylation is 3. The molecule has 26 heavy (non-hydrogen) atoms. The monoisotopic (exact) mass is 351 g/mol. The second-order valence-corrected chi connectivity index (χ2v) is 6.82. The van der Waals surface area contributed by atoms with Gasteiger partial charge in [-0.25, -0.2) is 19.3 Å². The highest BCUT2D eigenvalue weighted by Gasteiger charge is 2.29. The van der Waals surface area contributed by atoms with Crippen molar-refractivity contribution in [2.45, 2.75) is 27.3 Å². The van der Waals surface area contributed by atoms with Crippen LogP contribution < -0.4 is 10.5 Å². The predicted molar refractivity (Wildman–Crippen MR) is 97.6 cm³/mol. The van der Waals surface area contributed by atoms with Crippen molar-refractivity contribution in [3.05, 3.63) is 57.9 Å². The van der Waals surface area contributed by atoms with Crippen molar-refractivity contribution in [1.82, 2.24) is 29.5 Å². The molecular weight excluding hydrogens is 330 g/mol. The lowest BCUT2D eigenvalue weighted by Crippen LogP contribution is -2.50. The molecule has 4 heterocycles.